The van der Waals surface area contributed by atoms with E-state index >= 15 is 0 Å². The predicted molar refractivity (Wildman–Crippen MR) is 65.3 cm³/mol. The molecule has 0 atom stereocenters. The molecule has 0 N–H and O–H groups in total. The number of benzene rings is 1. The number of carbonyl (C=O) groups is 1. The van der Waals surface area contributed by atoms with Crippen molar-refractivity contribution in [3.8, 4) is 0 Å². The Morgan fingerprint density at radius 1 is 1.31 bits per heavy atom. The Labute approximate surface area is 99.0 Å². The third kappa shape index (κ3) is 1.99. The van der Waals surface area contributed by atoms with E-state index in [1.165, 1.54) is 4.90 Å². The van der Waals surface area contributed by atoms with Gasteiger partial charge in [-0.2, -0.15) is 0 Å². The minimum absolute atomic E-state index is 0.0764. The third-order valence-corrected chi connectivity index (χ3v) is 2.72. The number of carbonyl (C=O) groups excluding carboxylic acids is 1. The number of hydrogen-bond donors (Lipinski definition) is 0. The first kappa shape index (κ1) is 10.9. The molecule has 0 bridgehead atoms. The van der Waals surface area contributed by atoms with Gasteiger partial charge in [-0.05, 0) is 30.7 Å². The van der Waals surface area contributed by atoms with Crippen LogP contribution in [-0.4, -0.2) is 23.7 Å². The summed E-state index contributed by atoms with van der Waals surface area (Å²) in [6, 6.07) is 7.28. The first-order valence-electron chi connectivity index (χ1n) is 4.88. The summed E-state index contributed by atoms with van der Waals surface area (Å²) in [6.07, 6.45) is 1.76. The highest BCUT2D eigenvalue weighted by Crippen LogP contribution is 2.18. The van der Waals surface area contributed by atoms with E-state index in [0.717, 1.165) is 5.56 Å². The van der Waals surface area contributed by atoms with Gasteiger partial charge in [-0.15, -0.1) is 0 Å². The smallest absolute Gasteiger partial charge is 0.277 e. The van der Waals surface area contributed by atoms with Gasteiger partial charge in [0.1, 0.15) is 11.5 Å². The number of amides is 1. The Morgan fingerprint density at radius 3 is 2.44 bits per heavy atom. The van der Waals surface area contributed by atoms with Crippen LogP contribution in [0, 0.1) is 0 Å². The Balaban J connectivity index is 2.32. The second-order valence-corrected chi connectivity index (χ2v) is 4.04. The van der Waals surface area contributed by atoms with Gasteiger partial charge in [0.25, 0.3) is 5.91 Å². The molecule has 3 nitrogen and oxygen atoms in total. The molecule has 0 radical (unpaired) electrons. The number of aliphatic imine (C=N–C) groups is 1. The lowest BCUT2D eigenvalue weighted by Gasteiger charge is -2.05. The van der Waals surface area contributed by atoms with Gasteiger partial charge in [-0.1, -0.05) is 23.7 Å². The summed E-state index contributed by atoms with van der Waals surface area (Å²) in [4.78, 5) is 17.4. The van der Waals surface area contributed by atoms with Crippen LogP contribution in [0.4, 0.5) is 0 Å². The zero-order valence-electron chi connectivity index (χ0n) is 9.07. The van der Waals surface area contributed by atoms with Crippen LogP contribution in [0.5, 0.6) is 0 Å². The Morgan fingerprint density at radius 2 is 1.94 bits per heavy atom. The third-order valence-electron chi connectivity index (χ3n) is 2.46. The number of amidine groups is 1. The summed E-state index contributed by atoms with van der Waals surface area (Å²) in [7, 11) is 1.71. The highest BCUT2D eigenvalue weighted by molar-refractivity contribution is 6.30. The minimum Gasteiger partial charge on any atom is -0.298 e. The normalized spacial score (nSPS) is 18.2. The van der Waals surface area contributed by atoms with Crippen molar-refractivity contribution in [2.75, 3.05) is 7.05 Å². The molecule has 0 aromatic heterocycles. The summed E-state index contributed by atoms with van der Waals surface area (Å²) in [6.45, 7) is 1.81. The van der Waals surface area contributed by atoms with Crippen LogP contribution < -0.4 is 0 Å². The lowest BCUT2D eigenvalue weighted by Crippen LogP contribution is -2.25. The second-order valence-electron chi connectivity index (χ2n) is 3.60. The van der Waals surface area contributed by atoms with Crippen LogP contribution >= 0.6 is 11.6 Å². The molecule has 0 saturated heterocycles. The van der Waals surface area contributed by atoms with Crippen LogP contribution in [0.25, 0.3) is 6.08 Å². The van der Waals surface area contributed by atoms with Crippen molar-refractivity contribution in [1.82, 2.24) is 4.90 Å². The number of likely N-dealkylation sites (N-methyl/N-ethyl adjacent to an activating group) is 1. The van der Waals surface area contributed by atoms with Crippen molar-refractivity contribution in [2.45, 2.75) is 6.92 Å². The van der Waals surface area contributed by atoms with E-state index in [4.69, 9.17) is 11.6 Å². The molecule has 1 aromatic carbocycles. The van der Waals surface area contributed by atoms with Crippen molar-refractivity contribution >= 4 is 29.4 Å². The molecule has 1 heterocycles. The second kappa shape index (κ2) is 4.10. The first-order chi connectivity index (χ1) is 7.58. The summed E-state index contributed by atoms with van der Waals surface area (Å²) in [5.74, 6) is 0.637. The quantitative estimate of drug-likeness (QED) is 0.688. The molecule has 0 aliphatic carbocycles. The number of hydrogen-bond acceptors (Lipinski definition) is 2. The highest BCUT2D eigenvalue weighted by atomic mass is 35.5. The molecule has 1 aliphatic rings. The standard InChI is InChI=1S/C12H11ClN2O/c1-8-14-11(12(16)15(8)2)7-9-3-5-10(13)6-4-9/h3-7H,1-2H3/b11-7+. The molecule has 0 saturated carbocycles. The molecule has 82 valence electrons. The monoisotopic (exact) mass is 234 g/mol. The van der Waals surface area contributed by atoms with Gasteiger partial charge in [0.15, 0.2) is 0 Å². The van der Waals surface area contributed by atoms with Crippen LogP contribution in [-0.2, 0) is 4.79 Å². The lowest BCUT2D eigenvalue weighted by atomic mass is 10.2. The van der Waals surface area contributed by atoms with Crippen LogP contribution in [0.1, 0.15) is 12.5 Å². The summed E-state index contributed by atoms with van der Waals surface area (Å²) in [5, 5.41) is 0.677. The maximum absolute atomic E-state index is 11.7. The Hall–Kier alpha value is -1.61. The summed E-state index contributed by atoms with van der Waals surface area (Å²) < 4.78 is 0. The fraction of sp³-hybridized carbons (Fsp3) is 0.167. The number of rotatable bonds is 1. The topological polar surface area (TPSA) is 32.7 Å². The van der Waals surface area contributed by atoms with Gasteiger partial charge in [0, 0.05) is 12.1 Å². The highest BCUT2D eigenvalue weighted by Gasteiger charge is 2.23. The van der Waals surface area contributed by atoms with E-state index in [1.807, 2.05) is 12.1 Å². The predicted octanol–water partition coefficient (Wildman–Crippen LogP) is 2.57. The van der Waals surface area contributed by atoms with Gasteiger partial charge in [-0.3, -0.25) is 9.69 Å². The zero-order chi connectivity index (χ0) is 11.7. The first-order valence-corrected chi connectivity index (χ1v) is 5.26. The molecule has 0 unspecified atom stereocenters. The molecular formula is C12H11ClN2O. The van der Waals surface area contributed by atoms with E-state index in [2.05, 4.69) is 4.99 Å². The lowest BCUT2D eigenvalue weighted by molar-refractivity contribution is -0.121. The molecule has 1 aliphatic heterocycles. The van der Waals surface area contributed by atoms with E-state index in [0.29, 0.717) is 16.6 Å². The van der Waals surface area contributed by atoms with Crippen molar-refractivity contribution in [3.63, 3.8) is 0 Å². The summed E-state index contributed by atoms with van der Waals surface area (Å²) >= 11 is 5.78. The van der Waals surface area contributed by atoms with Crippen molar-refractivity contribution in [3.05, 3.63) is 40.5 Å². The van der Waals surface area contributed by atoms with E-state index < -0.39 is 0 Å². The Bertz CT molecular complexity index is 488. The van der Waals surface area contributed by atoms with E-state index in [-0.39, 0.29) is 5.91 Å². The van der Waals surface area contributed by atoms with Crippen LogP contribution in [0.3, 0.4) is 0 Å². The summed E-state index contributed by atoms with van der Waals surface area (Å²) in [5.41, 5.74) is 1.38. The van der Waals surface area contributed by atoms with E-state index in [9.17, 15) is 4.79 Å². The van der Waals surface area contributed by atoms with Gasteiger partial charge in [0.05, 0.1) is 0 Å². The largest absolute Gasteiger partial charge is 0.298 e. The van der Waals surface area contributed by atoms with Crippen LogP contribution in [0.2, 0.25) is 5.02 Å². The minimum atomic E-state index is -0.0764. The molecule has 1 aromatic rings. The van der Waals surface area contributed by atoms with Gasteiger partial charge >= 0.3 is 0 Å². The molecule has 0 fully saturated rings. The average Bonchev–Trinajstić information content (AvgIpc) is 2.50. The molecular weight excluding hydrogens is 224 g/mol. The fourth-order valence-electron chi connectivity index (χ4n) is 1.43. The van der Waals surface area contributed by atoms with Crippen molar-refractivity contribution < 1.29 is 4.79 Å². The molecule has 2 rings (SSSR count). The molecule has 1 amide bonds. The number of nitrogens with zero attached hydrogens (tertiary/aromatic N) is 2. The van der Waals surface area contributed by atoms with Crippen molar-refractivity contribution in [2.24, 2.45) is 4.99 Å². The number of halogens is 1. The van der Waals surface area contributed by atoms with Gasteiger partial charge < -0.3 is 0 Å². The van der Waals surface area contributed by atoms with E-state index in [1.54, 1.807) is 32.2 Å². The SMILES string of the molecule is CC1=N/C(=C/c2ccc(Cl)cc2)C(=O)N1C. The average molecular weight is 235 g/mol. The Kier molecular flexibility index (Phi) is 2.79. The maximum Gasteiger partial charge on any atom is 0.277 e. The maximum atomic E-state index is 11.7. The van der Waals surface area contributed by atoms with Gasteiger partial charge in [0.2, 0.25) is 0 Å². The molecule has 4 heteroatoms. The van der Waals surface area contributed by atoms with Crippen molar-refractivity contribution in [1.29, 1.82) is 0 Å². The fourth-order valence-corrected chi connectivity index (χ4v) is 1.55. The van der Waals surface area contributed by atoms with Crippen LogP contribution in [0.15, 0.2) is 35.0 Å². The zero-order valence-corrected chi connectivity index (χ0v) is 9.82. The molecule has 0 spiro atoms. The van der Waals surface area contributed by atoms with Gasteiger partial charge in [-0.25, -0.2) is 4.99 Å². The molecule has 16 heavy (non-hydrogen) atoms.